The van der Waals surface area contributed by atoms with E-state index in [2.05, 4.69) is 40.0 Å². The molecule has 12 heteroatoms. The molecule has 0 unspecified atom stereocenters. The fourth-order valence-corrected chi connectivity index (χ4v) is 8.60. The lowest BCUT2D eigenvalue weighted by molar-refractivity contribution is -0.146. The Balaban J connectivity index is 1.46. The van der Waals surface area contributed by atoms with Crippen molar-refractivity contribution in [2.24, 2.45) is 11.8 Å². The third-order valence-electron chi connectivity index (χ3n) is 10.4. The second-order valence-electron chi connectivity index (χ2n) is 13.1. The van der Waals surface area contributed by atoms with Crippen molar-refractivity contribution in [2.75, 3.05) is 42.6 Å². The molecular formula is C38H45BrN4O7. The van der Waals surface area contributed by atoms with Gasteiger partial charge in [-0.15, -0.1) is 0 Å². The van der Waals surface area contributed by atoms with Crippen molar-refractivity contribution < 1.29 is 33.8 Å². The van der Waals surface area contributed by atoms with Crippen molar-refractivity contribution in [2.45, 2.75) is 69.9 Å². The number of ether oxygens (including phenoxy) is 2. The van der Waals surface area contributed by atoms with Gasteiger partial charge in [-0.2, -0.15) is 0 Å². The fourth-order valence-electron chi connectivity index (χ4n) is 7.87. The molecule has 2 N–H and O–H groups in total. The first-order valence-corrected chi connectivity index (χ1v) is 18.3. The van der Waals surface area contributed by atoms with Crippen molar-refractivity contribution >= 4 is 51.0 Å². The smallest absolute Gasteiger partial charge is 0.306 e. The Hall–Kier alpha value is -4.00. The number of carbonyl (C=O) groups excluding carboxylic acids is 4. The first-order valence-electron chi connectivity index (χ1n) is 17.5. The second kappa shape index (κ2) is 15.1. The molecule has 1 spiro atoms. The molecule has 4 aliphatic rings. The molecule has 2 aromatic rings. The van der Waals surface area contributed by atoms with E-state index in [1.807, 2.05) is 73.7 Å². The van der Waals surface area contributed by atoms with Gasteiger partial charge in [0.25, 0.3) is 5.91 Å². The van der Waals surface area contributed by atoms with Gasteiger partial charge in [0.2, 0.25) is 11.8 Å². The van der Waals surface area contributed by atoms with Crippen LogP contribution in [0, 0.1) is 11.8 Å². The van der Waals surface area contributed by atoms with Crippen molar-refractivity contribution in [3.05, 3.63) is 82.9 Å². The number of carbonyl (C=O) groups is 4. The molecule has 0 aromatic heterocycles. The Labute approximate surface area is 301 Å². The molecule has 6 rings (SSSR count). The highest BCUT2D eigenvalue weighted by Crippen LogP contribution is 2.59. The number of fused-ring (bicyclic) bond motifs is 2. The zero-order valence-electron chi connectivity index (χ0n) is 28.7. The molecule has 3 amide bonds. The first kappa shape index (κ1) is 35.8. The normalized spacial score (nSPS) is 29.7. The summed E-state index contributed by atoms with van der Waals surface area (Å²) < 4.78 is 12.9. The van der Waals surface area contributed by atoms with Crippen LogP contribution < -0.4 is 15.1 Å². The molecule has 7 atom stereocenters. The van der Waals surface area contributed by atoms with Crippen LogP contribution in [0.5, 0.6) is 0 Å². The number of rotatable bonds is 8. The average Bonchev–Trinajstić information content (AvgIpc) is 3.72. The van der Waals surface area contributed by atoms with Crippen LogP contribution in [0.4, 0.5) is 11.4 Å². The van der Waals surface area contributed by atoms with E-state index in [1.54, 1.807) is 11.0 Å². The minimum Gasteiger partial charge on any atom is -0.463 e. The van der Waals surface area contributed by atoms with Gasteiger partial charge in [-0.05, 0) is 62.6 Å². The minimum atomic E-state index is -1.46. The van der Waals surface area contributed by atoms with Crippen molar-refractivity contribution in [3.8, 4) is 0 Å². The molecule has 4 heterocycles. The molecule has 0 radical (unpaired) electrons. The van der Waals surface area contributed by atoms with Gasteiger partial charge < -0.3 is 34.6 Å². The van der Waals surface area contributed by atoms with Gasteiger partial charge in [0.05, 0.1) is 30.5 Å². The molecule has 5 bridgehead atoms. The quantitative estimate of drug-likeness (QED) is 0.303. The lowest BCUT2D eigenvalue weighted by atomic mass is 9.74. The van der Waals surface area contributed by atoms with Gasteiger partial charge in [-0.1, -0.05) is 65.3 Å². The summed E-state index contributed by atoms with van der Waals surface area (Å²) in [6.45, 7) is 7.37. The van der Waals surface area contributed by atoms with Gasteiger partial charge in [0, 0.05) is 41.9 Å². The minimum absolute atomic E-state index is 0.0930. The van der Waals surface area contributed by atoms with Gasteiger partial charge >= 0.3 is 5.97 Å². The topological polar surface area (TPSA) is 129 Å². The molecule has 0 saturated carbocycles. The SMILES string of the molecule is CC[C@@H](CO)N1C(=O)[C@@H]2[C@H]3C(=O)N[C@@H](c4ccccc4)COC(=O)CC/C=C\CN(c4ccc(N(CC)CC)cc4)C(=O)[C@@H]1[C@]21C=C(Br)[C@H]3O1. The predicted molar refractivity (Wildman–Crippen MR) is 192 cm³/mol. The van der Waals surface area contributed by atoms with Crippen molar-refractivity contribution in [1.29, 1.82) is 0 Å². The molecule has 266 valence electrons. The summed E-state index contributed by atoms with van der Waals surface area (Å²) in [5, 5.41) is 13.6. The Kier molecular flexibility index (Phi) is 10.8. The van der Waals surface area contributed by atoms with E-state index in [0.717, 1.165) is 24.3 Å². The number of esters is 1. The van der Waals surface area contributed by atoms with Crippen molar-refractivity contribution in [1.82, 2.24) is 10.2 Å². The molecular weight excluding hydrogens is 704 g/mol. The van der Waals surface area contributed by atoms with E-state index in [-0.39, 0.29) is 26.2 Å². The number of hydrogen-bond donors (Lipinski definition) is 2. The molecule has 2 aromatic carbocycles. The molecule has 11 nitrogen and oxygen atoms in total. The average molecular weight is 750 g/mol. The Morgan fingerprint density at radius 2 is 1.72 bits per heavy atom. The van der Waals surface area contributed by atoms with Gasteiger partial charge in [-0.25, -0.2) is 0 Å². The zero-order valence-corrected chi connectivity index (χ0v) is 30.3. The van der Waals surface area contributed by atoms with E-state index in [9.17, 15) is 19.5 Å². The summed E-state index contributed by atoms with van der Waals surface area (Å²) in [5.74, 6) is -3.69. The summed E-state index contributed by atoms with van der Waals surface area (Å²) in [7, 11) is 0. The van der Waals surface area contributed by atoms with Crippen LogP contribution in [0.25, 0.3) is 0 Å². The number of halogens is 1. The van der Waals surface area contributed by atoms with Crippen LogP contribution in [-0.4, -0.2) is 90.3 Å². The number of aliphatic hydroxyl groups excluding tert-OH is 1. The summed E-state index contributed by atoms with van der Waals surface area (Å²) in [4.78, 5) is 62.2. The number of hydrogen-bond acceptors (Lipinski definition) is 8. The van der Waals surface area contributed by atoms with Gasteiger partial charge in [-0.3, -0.25) is 19.2 Å². The lowest BCUT2D eigenvalue weighted by Gasteiger charge is -2.38. The number of aliphatic hydroxyl groups is 1. The number of allylic oxidation sites excluding steroid dienone is 1. The number of likely N-dealkylation sites (tertiary alicyclic amines) is 1. The molecule has 0 aliphatic carbocycles. The summed E-state index contributed by atoms with van der Waals surface area (Å²) in [6, 6.07) is 14.4. The van der Waals surface area contributed by atoms with E-state index < -0.39 is 65.4 Å². The van der Waals surface area contributed by atoms with Crippen LogP contribution in [0.2, 0.25) is 0 Å². The maximum Gasteiger partial charge on any atom is 0.306 e. The molecule has 50 heavy (non-hydrogen) atoms. The summed E-state index contributed by atoms with van der Waals surface area (Å²) in [6.07, 6.45) is 5.54. The van der Waals surface area contributed by atoms with E-state index in [1.165, 1.54) is 4.90 Å². The highest BCUT2D eigenvalue weighted by molar-refractivity contribution is 9.11. The number of cyclic esters (lactones) is 1. The Morgan fingerprint density at radius 1 is 1.00 bits per heavy atom. The molecule has 2 fully saturated rings. The van der Waals surface area contributed by atoms with Crippen LogP contribution in [0.15, 0.2) is 77.3 Å². The number of nitrogens with zero attached hydrogens (tertiary/aromatic N) is 3. The van der Waals surface area contributed by atoms with Crippen LogP contribution in [-0.2, 0) is 28.7 Å². The maximum atomic E-state index is 15.1. The summed E-state index contributed by atoms with van der Waals surface area (Å²) >= 11 is 3.62. The zero-order chi connectivity index (χ0) is 35.6. The number of amides is 3. The van der Waals surface area contributed by atoms with Crippen molar-refractivity contribution in [3.63, 3.8) is 0 Å². The maximum absolute atomic E-state index is 15.1. The lowest BCUT2D eigenvalue weighted by Crippen LogP contribution is -2.58. The Morgan fingerprint density at radius 3 is 2.38 bits per heavy atom. The first-order chi connectivity index (χ1) is 24.2. The second-order valence-corrected chi connectivity index (χ2v) is 14.0. The van der Waals surface area contributed by atoms with Crippen LogP contribution in [0.3, 0.4) is 0 Å². The fraction of sp³-hybridized carbons (Fsp3) is 0.474. The molecule has 2 saturated heterocycles. The van der Waals surface area contributed by atoms with Gasteiger partial charge in [0.1, 0.15) is 24.4 Å². The van der Waals surface area contributed by atoms with Gasteiger partial charge in [0.15, 0.2) is 0 Å². The van der Waals surface area contributed by atoms with E-state index >= 15 is 4.79 Å². The number of anilines is 2. The number of nitrogens with one attached hydrogen (secondary N) is 1. The van der Waals surface area contributed by atoms with E-state index in [0.29, 0.717) is 23.0 Å². The van der Waals surface area contributed by atoms with Crippen LogP contribution in [0.1, 0.15) is 51.6 Å². The third kappa shape index (κ3) is 6.37. The standard InChI is InChI=1S/C38H45BrN4O7/c1-4-25(22-44)43-34-37(48)42(27-18-16-26(17-19-27)41(5-2)6-3)20-12-8-11-15-30(45)49-23-29(24-13-9-7-10-14-24)40-35(46)31-32(36(43)47)38(34)21-28(39)33(31)50-38/h7-10,12-14,16-19,21,25,29,31-34,44H,4-6,11,15,20,22-23H2,1-3H3,(H,40,46)/b12-8-/t25-,29+,31+,32-,33+,34+,38-/m0/s1. The van der Waals surface area contributed by atoms with E-state index in [4.69, 9.17) is 9.47 Å². The highest BCUT2D eigenvalue weighted by atomic mass is 79.9. The van der Waals surface area contributed by atoms with Crippen LogP contribution >= 0.6 is 15.9 Å². The summed E-state index contributed by atoms with van der Waals surface area (Å²) in [5.41, 5.74) is 0.906. The number of benzene rings is 2. The monoisotopic (exact) mass is 748 g/mol. The highest BCUT2D eigenvalue weighted by Gasteiger charge is 2.75. The third-order valence-corrected chi connectivity index (χ3v) is 11.1. The molecule has 4 aliphatic heterocycles. The Bertz CT molecular complexity index is 1640. The predicted octanol–water partition coefficient (Wildman–Crippen LogP) is 4.26. The largest absolute Gasteiger partial charge is 0.463 e.